The lowest BCUT2D eigenvalue weighted by Gasteiger charge is -2.35. The van der Waals surface area contributed by atoms with Gasteiger partial charge in [0.2, 0.25) is 5.78 Å². The fraction of sp³-hybridized carbons (Fsp3) is 0.179. The molecule has 52 heavy (non-hydrogen) atoms. The van der Waals surface area contributed by atoms with E-state index in [-0.39, 0.29) is 56.8 Å². The van der Waals surface area contributed by atoms with E-state index in [0.717, 1.165) is 6.07 Å². The quantitative estimate of drug-likeness (QED) is 0.137. The van der Waals surface area contributed by atoms with Crippen LogP contribution in [0, 0.1) is 18.6 Å². The molecule has 13 heteroatoms. The van der Waals surface area contributed by atoms with Crippen LogP contribution in [-0.4, -0.2) is 58.1 Å². The van der Waals surface area contributed by atoms with Crippen molar-refractivity contribution >= 4 is 11.8 Å². The first-order chi connectivity index (χ1) is 24.9. The number of aliphatic hydroxyl groups is 1. The summed E-state index contributed by atoms with van der Waals surface area (Å²) in [7, 11) is 1.37. The highest BCUT2D eigenvalue weighted by atomic mass is 19.1. The van der Waals surface area contributed by atoms with Crippen molar-refractivity contribution in [2.75, 3.05) is 13.7 Å². The van der Waals surface area contributed by atoms with Crippen LogP contribution in [0.15, 0.2) is 84.9 Å². The summed E-state index contributed by atoms with van der Waals surface area (Å²) >= 11 is 0. The predicted octanol–water partition coefficient (Wildman–Crippen LogP) is 6.48. The number of hydrogen-bond acceptors (Lipinski definition) is 11. The lowest BCUT2D eigenvalue weighted by Crippen LogP contribution is -2.38. The number of fused-ring (bicyclic) bond motifs is 2. The maximum atomic E-state index is 14.5. The predicted molar refractivity (Wildman–Crippen MR) is 179 cm³/mol. The fourth-order valence-electron chi connectivity index (χ4n) is 6.24. The molecule has 4 N–H and O–H groups in total. The minimum absolute atomic E-state index is 0.00441. The van der Waals surface area contributed by atoms with Crippen LogP contribution in [0.4, 0.5) is 8.78 Å². The molecule has 5 aromatic carbocycles. The average molecular weight is 713 g/mol. The molecule has 4 atom stereocenters. The Morgan fingerprint density at radius 2 is 1.50 bits per heavy atom. The third-order valence-corrected chi connectivity index (χ3v) is 8.82. The average Bonchev–Trinajstić information content (AvgIpc) is 3.11. The molecular formula is C39H30F2O11. The minimum atomic E-state index is -1.65. The number of ether oxygens (including phenoxy) is 5. The summed E-state index contributed by atoms with van der Waals surface area (Å²) in [5.41, 5.74) is 1.25. The lowest BCUT2D eigenvalue weighted by molar-refractivity contribution is -0.0260. The van der Waals surface area contributed by atoms with Crippen molar-refractivity contribution in [2.24, 2.45) is 0 Å². The number of ketones is 1. The number of aryl methyl sites for hydroxylation is 1. The van der Waals surface area contributed by atoms with Gasteiger partial charge in [0.1, 0.15) is 46.6 Å². The van der Waals surface area contributed by atoms with Gasteiger partial charge in [0.05, 0.1) is 7.11 Å². The molecule has 266 valence electrons. The van der Waals surface area contributed by atoms with Crippen molar-refractivity contribution in [1.29, 1.82) is 0 Å². The van der Waals surface area contributed by atoms with Crippen molar-refractivity contribution < 1.29 is 62.5 Å². The topological polar surface area (TPSA) is 161 Å². The number of phenols is 3. The summed E-state index contributed by atoms with van der Waals surface area (Å²) in [5.74, 6) is -3.56. The monoisotopic (exact) mass is 712 g/mol. The Balaban J connectivity index is 1.18. The molecule has 0 radical (unpaired) electrons. The van der Waals surface area contributed by atoms with Gasteiger partial charge in [-0.3, -0.25) is 4.79 Å². The van der Waals surface area contributed by atoms with E-state index in [4.69, 9.17) is 23.7 Å². The fourth-order valence-corrected chi connectivity index (χ4v) is 6.24. The van der Waals surface area contributed by atoms with Crippen LogP contribution in [0.5, 0.6) is 40.2 Å². The number of carbonyl (C=O) groups excluding carboxylic acids is 2. The molecule has 2 aliphatic rings. The Bertz CT molecular complexity index is 2240. The largest absolute Gasteiger partial charge is 0.507 e. The van der Waals surface area contributed by atoms with E-state index in [1.807, 2.05) is 0 Å². The van der Waals surface area contributed by atoms with E-state index in [9.17, 15) is 38.8 Å². The number of aliphatic hydroxyl groups excluding tert-OH is 1. The van der Waals surface area contributed by atoms with Crippen molar-refractivity contribution in [2.45, 2.75) is 31.3 Å². The zero-order chi connectivity index (χ0) is 36.8. The van der Waals surface area contributed by atoms with Crippen LogP contribution >= 0.6 is 0 Å². The first kappa shape index (κ1) is 34.1. The second kappa shape index (κ2) is 13.4. The van der Waals surface area contributed by atoms with Crippen LogP contribution < -0.4 is 18.9 Å². The van der Waals surface area contributed by atoms with Crippen LogP contribution in [0.1, 0.15) is 49.6 Å². The van der Waals surface area contributed by atoms with Gasteiger partial charge in [0.25, 0.3) is 0 Å². The van der Waals surface area contributed by atoms with Crippen molar-refractivity contribution in [3.63, 3.8) is 0 Å². The Kier molecular flexibility index (Phi) is 8.80. The maximum absolute atomic E-state index is 14.5. The number of rotatable bonds is 7. The van der Waals surface area contributed by atoms with Gasteiger partial charge < -0.3 is 44.1 Å². The molecule has 11 nitrogen and oxygen atoms in total. The molecule has 0 fully saturated rings. The molecule has 0 amide bonds. The molecule has 2 aliphatic heterocycles. The molecule has 2 heterocycles. The summed E-state index contributed by atoms with van der Waals surface area (Å²) < 4.78 is 57.5. The third-order valence-electron chi connectivity index (χ3n) is 8.82. The second-order valence-corrected chi connectivity index (χ2v) is 12.3. The molecule has 0 bridgehead atoms. The highest BCUT2D eigenvalue weighted by Gasteiger charge is 2.41. The van der Waals surface area contributed by atoms with Gasteiger partial charge in [0.15, 0.2) is 47.4 Å². The van der Waals surface area contributed by atoms with Crippen molar-refractivity contribution in [3.8, 4) is 51.4 Å². The van der Waals surface area contributed by atoms with E-state index in [1.165, 1.54) is 61.7 Å². The summed E-state index contributed by atoms with van der Waals surface area (Å²) in [4.78, 5) is 26.4. The van der Waals surface area contributed by atoms with Crippen LogP contribution in [0.2, 0.25) is 0 Å². The highest BCUT2D eigenvalue weighted by Crippen LogP contribution is 2.45. The summed E-state index contributed by atoms with van der Waals surface area (Å²) in [6.45, 7) is 1.31. The molecule has 0 spiro atoms. The first-order valence-corrected chi connectivity index (χ1v) is 15.9. The summed E-state index contributed by atoms with van der Waals surface area (Å²) in [6, 6.07) is 18.8. The number of esters is 1. The number of hydrogen-bond donors (Lipinski definition) is 4. The SMILES string of the molecule is COc1cc(C2Oc3cc([C@@H]4Oc5cc(C)cc(O)c5C(=O)C4O)ccc3O[C@H]2COC(=O)c2cc(-c3ccc(F)cc3F)ccc2O)ccc1O. The molecule has 2 unspecified atom stereocenters. The van der Waals surface area contributed by atoms with E-state index in [0.29, 0.717) is 22.8 Å². The maximum Gasteiger partial charge on any atom is 0.342 e. The normalized spacial score (nSPS) is 19.0. The van der Waals surface area contributed by atoms with Gasteiger partial charge in [-0.25, -0.2) is 13.6 Å². The highest BCUT2D eigenvalue weighted by molar-refractivity contribution is 6.05. The van der Waals surface area contributed by atoms with E-state index in [1.54, 1.807) is 25.1 Å². The Labute approximate surface area is 294 Å². The Hall–Kier alpha value is -6.34. The molecule has 0 aromatic heterocycles. The number of carbonyl (C=O) groups is 2. The van der Waals surface area contributed by atoms with E-state index >= 15 is 0 Å². The van der Waals surface area contributed by atoms with Gasteiger partial charge in [0, 0.05) is 17.2 Å². The van der Waals surface area contributed by atoms with Crippen LogP contribution in [0.3, 0.4) is 0 Å². The minimum Gasteiger partial charge on any atom is -0.507 e. The number of benzene rings is 5. The molecule has 7 rings (SSSR count). The van der Waals surface area contributed by atoms with E-state index < -0.39 is 60.2 Å². The van der Waals surface area contributed by atoms with Crippen molar-refractivity contribution in [1.82, 2.24) is 0 Å². The third kappa shape index (κ3) is 6.26. The molecule has 0 saturated carbocycles. The number of aromatic hydroxyl groups is 3. The van der Waals surface area contributed by atoms with Gasteiger partial charge >= 0.3 is 5.97 Å². The second-order valence-electron chi connectivity index (χ2n) is 12.3. The van der Waals surface area contributed by atoms with Gasteiger partial charge in [-0.2, -0.15) is 0 Å². The van der Waals surface area contributed by atoms with Crippen LogP contribution in [0.25, 0.3) is 11.1 Å². The molecule has 0 aliphatic carbocycles. The Morgan fingerprint density at radius 1 is 0.769 bits per heavy atom. The number of methoxy groups -OCH3 is 1. The van der Waals surface area contributed by atoms with Crippen LogP contribution in [-0.2, 0) is 4.74 Å². The summed E-state index contributed by atoms with van der Waals surface area (Å²) in [5, 5.41) is 42.0. The standard InChI is InChI=1S/C39H30F2O11/c1-18-11-28(44)34-32(12-18)52-38(36(46)35(34)45)21-5-10-29-31(15-21)51-37(20-4-9-27(43)30(14-20)48-2)33(50-29)17-49-39(47)24-13-19(3-8-26(24)42)23-7-6-22(40)16-25(23)41/h3-16,33,36-38,42-44,46H,17H2,1-2H3/t33-,36?,37?,38-/m0/s1. The first-order valence-electron chi connectivity index (χ1n) is 15.9. The van der Waals surface area contributed by atoms with Crippen molar-refractivity contribution in [3.05, 3.63) is 124 Å². The van der Waals surface area contributed by atoms with Gasteiger partial charge in [-0.05, 0) is 84.3 Å². The molecule has 5 aromatic rings. The molecular weight excluding hydrogens is 682 g/mol. The summed E-state index contributed by atoms with van der Waals surface area (Å²) in [6.07, 6.45) is -4.81. The number of phenolic OH excluding ortho intramolecular Hbond substituents is 3. The zero-order valence-corrected chi connectivity index (χ0v) is 27.5. The zero-order valence-electron chi connectivity index (χ0n) is 27.5. The lowest BCUT2D eigenvalue weighted by atomic mass is 9.92. The van der Waals surface area contributed by atoms with E-state index in [2.05, 4.69) is 0 Å². The van der Waals surface area contributed by atoms with Gasteiger partial charge in [-0.15, -0.1) is 0 Å². The number of Topliss-reactive ketones (excluding diaryl/α,β-unsaturated/α-hetero) is 1. The number of halogens is 2. The smallest absolute Gasteiger partial charge is 0.342 e. The Morgan fingerprint density at radius 3 is 2.27 bits per heavy atom. The van der Waals surface area contributed by atoms with Gasteiger partial charge in [-0.1, -0.05) is 18.2 Å². The molecule has 0 saturated heterocycles.